The van der Waals surface area contributed by atoms with Crippen LogP contribution in [-0.4, -0.2) is 150 Å². The maximum Gasteiger partial charge on any atom is 0.335 e. The molecule has 0 radical (unpaired) electrons. The highest BCUT2D eigenvalue weighted by molar-refractivity contribution is 5.73. The number of hydrogen-bond donors (Lipinski definition) is 10. The number of allylic oxidation sites excluding steroid dienone is 2. The highest BCUT2D eigenvalue weighted by atomic mass is 16.8. The Morgan fingerprint density at radius 1 is 0.737 bits per heavy atom. The highest BCUT2D eigenvalue weighted by Gasteiger charge is 2.70. The van der Waals surface area contributed by atoms with Gasteiger partial charge in [-0.25, -0.2) is 4.79 Å². The molecule has 15 nitrogen and oxygen atoms in total. The van der Waals surface area contributed by atoms with Gasteiger partial charge in [-0.2, -0.15) is 0 Å². The normalized spacial score (nSPS) is 56.0. The summed E-state index contributed by atoms with van der Waals surface area (Å²) in [6.07, 6.45) is -11.3. The summed E-state index contributed by atoms with van der Waals surface area (Å²) in [6.45, 7) is 14.4. The lowest BCUT2D eigenvalue weighted by molar-refractivity contribution is -0.375. The second-order valence-electron chi connectivity index (χ2n) is 20.8. The van der Waals surface area contributed by atoms with Crippen molar-refractivity contribution < 1.29 is 74.8 Å². The average molecular weight is 813 g/mol. The minimum atomic E-state index is -1.98. The molecular weight excluding hydrogens is 744 g/mol. The molecule has 2 heterocycles. The van der Waals surface area contributed by atoms with E-state index in [0.29, 0.717) is 12.8 Å². The number of hydrogen-bond acceptors (Lipinski definition) is 14. The fourth-order valence-electron chi connectivity index (χ4n) is 13.7. The molecular formula is C42H68O15. The van der Waals surface area contributed by atoms with Crippen molar-refractivity contribution in [2.45, 2.75) is 180 Å². The van der Waals surface area contributed by atoms with Gasteiger partial charge in [-0.15, -0.1) is 0 Å². The summed E-state index contributed by atoms with van der Waals surface area (Å²) in [5, 5.41) is 107. The first kappa shape index (κ1) is 43.8. The summed E-state index contributed by atoms with van der Waals surface area (Å²) in [4.78, 5) is 12.2. The number of aliphatic hydroxyl groups is 9. The van der Waals surface area contributed by atoms with Crippen LogP contribution >= 0.6 is 0 Å². The number of aliphatic hydroxyl groups excluding tert-OH is 9. The van der Waals surface area contributed by atoms with Crippen molar-refractivity contribution in [3.05, 3.63) is 11.6 Å². The molecule has 2 aliphatic heterocycles. The molecule has 0 unspecified atom stereocenters. The van der Waals surface area contributed by atoms with Crippen molar-refractivity contribution in [1.82, 2.24) is 0 Å². The van der Waals surface area contributed by atoms with E-state index in [1.165, 1.54) is 5.57 Å². The lowest BCUT2D eigenvalue weighted by Crippen LogP contribution is -2.68. The zero-order valence-electron chi connectivity index (χ0n) is 34.4. The number of fused-ring (bicyclic) bond motifs is 7. The fourth-order valence-corrected chi connectivity index (χ4v) is 13.7. The molecule has 0 aromatic rings. The highest BCUT2D eigenvalue weighted by Crippen LogP contribution is 2.76. The third-order valence-electron chi connectivity index (χ3n) is 17.7. The van der Waals surface area contributed by atoms with Crippen LogP contribution in [0.5, 0.6) is 0 Å². The Morgan fingerprint density at radius 3 is 2.05 bits per heavy atom. The summed E-state index contributed by atoms with van der Waals surface area (Å²) in [7, 11) is 0. The molecule has 21 atom stereocenters. The van der Waals surface area contributed by atoms with E-state index in [0.717, 1.165) is 38.5 Å². The molecule has 7 aliphatic rings. The molecule has 4 saturated carbocycles. The Labute approximate surface area is 335 Å². The van der Waals surface area contributed by atoms with Gasteiger partial charge in [0.15, 0.2) is 18.7 Å². The van der Waals surface area contributed by atoms with Crippen molar-refractivity contribution in [3.8, 4) is 0 Å². The minimum Gasteiger partial charge on any atom is -0.479 e. The van der Waals surface area contributed by atoms with Crippen LogP contribution in [0.15, 0.2) is 11.6 Å². The number of aliphatic carboxylic acids is 1. The van der Waals surface area contributed by atoms with E-state index in [2.05, 4.69) is 47.6 Å². The predicted octanol–water partition coefficient (Wildman–Crippen LogP) is 0.824. The number of carboxylic acid groups (broad SMARTS) is 1. The van der Waals surface area contributed by atoms with Crippen LogP contribution in [0.1, 0.15) is 99.8 Å². The summed E-state index contributed by atoms with van der Waals surface area (Å²) in [5.74, 6) is -1.24. The molecule has 0 aromatic heterocycles. The van der Waals surface area contributed by atoms with Crippen molar-refractivity contribution >= 4 is 5.97 Å². The SMILES string of the molecule is CC1(C)C[C@H]2C3=CC[C@@H]4[C@@]5(C)CC[C@H](O[C@@H]6O[C@H](C(=O)O)[C@@H](O)[C@H](O)[C@H]6O[C@@H]6O[C@H](CO)[C@H](O)[C@H](O)[C@H]6O)[C@](C)(CO)[C@@H]5CC[C@@]4(C)[C@]3(C)CC[C@@]2(C)[C@H](O)[C@@H]1O. The van der Waals surface area contributed by atoms with Gasteiger partial charge in [0.25, 0.3) is 0 Å². The first-order valence-corrected chi connectivity index (χ1v) is 21.0. The van der Waals surface area contributed by atoms with Gasteiger partial charge in [-0.3, -0.25) is 0 Å². The molecule has 0 amide bonds. The Bertz CT molecular complexity index is 1560. The molecule has 15 heteroatoms. The largest absolute Gasteiger partial charge is 0.479 e. The smallest absolute Gasteiger partial charge is 0.335 e. The van der Waals surface area contributed by atoms with Crippen molar-refractivity contribution in [3.63, 3.8) is 0 Å². The van der Waals surface area contributed by atoms with Gasteiger partial charge in [0.1, 0.15) is 42.7 Å². The molecule has 0 bridgehead atoms. The molecule has 5 aliphatic carbocycles. The van der Waals surface area contributed by atoms with Crippen LogP contribution in [0, 0.1) is 50.2 Å². The molecule has 7 rings (SSSR count). The zero-order chi connectivity index (χ0) is 42.0. The van der Waals surface area contributed by atoms with E-state index in [1.54, 1.807) is 0 Å². The van der Waals surface area contributed by atoms with E-state index in [4.69, 9.17) is 18.9 Å². The van der Waals surface area contributed by atoms with Gasteiger partial charge in [0.2, 0.25) is 0 Å². The van der Waals surface area contributed by atoms with Gasteiger partial charge >= 0.3 is 5.97 Å². The topological polar surface area (TPSA) is 256 Å². The predicted molar refractivity (Wildman–Crippen MR) is 201 cm³/mol. The third-order valence-corrected chi connectivity index (χ3v) is 17.7. The van der Waals surface area contributed by atoms with Gasteiger partial charge in [-0.1, -0.05) is 60.1 Å². The first-order chi connectivity index (χ1) is 26.5. The second kappa shape index (κ2) is 14.7. The molecule has 10 N–H and O–H groups in total. The monoisotopic (exact) mass is 812 g/mol. The Kier molecular flexibility index (Phi) is 11.3. The molecule has 6 fully saturated rings. The van der Waals surface area contributed by atoms with E-state index in [9.17, 15) is 55.9 Å². The van der Waals surface area contributed by atoms with Gasteiger partial charge in [0, 0.05) is 10.8 Å². The van der Waals surface area contributed by atoms with Crippen molar-refractivity contribution in [1.29, 1.82) is 0 Å². The van der Waals surface area contributed by atoms with Gasteiger partial charge < -0.3 is 70.0 Å². The van der Waals surface area contributed by atoms with Crippen LogP contribution in [0.2, 0.25) is 0 Å². The molecule has 57 heavy (non-hydrogen) atoms. The Balaban J connectivity index is 1.17. The van der Waals surface area contributed by atoms with Gasteiger partial charge in [0.05, 0.1) is 31.5 Å². The third kappa shape index (κ3) is 6.26. The Morgan fingerprint density at radius 2 is 1.42 bits per heavy atom. The van der Waals surface area contributed by atoms with Crippen molar-refractivity contribution in [2.75, 3.05) is 13.2 Å². The maximum atomic E-state index is 12.2. The summed E-state index contributed by atoms with van der Waals surface area (Å²) >= 11 is 0. The maximum absolute atomic E-state index is 12.2. The number of rotatable bonds is 7. The number of carboxylic acids is 1. The lowest BCUT2D eigenvalue weighted by atomic mass is 9.33. The van der Waals surface area contributed by atoms with E-state index >= 15 is 0 Å². The van der Waals surface area contributed by atoms with Crippen LogP contribution in [0.4, 0.5) is 0 Å². The molecule has 0 aromatic carbocycles. The average Bonchev–Trinajstić information content (AvgIpc) is 3.15. The lowest BCUT2D eigenvalue weighted by Gasteiger charge is -2.72. The van der Waals surface area contributed by atoms with E-state index < -0.39 is 109 Å². The van der Waals surface area contributed by atoms with Crippen LogP contribution in [-0.2, 0) is 23.7 Å². The molecule has 326 valence electrons. The molecule has 0 spiro atoms. The second-order valence-corrected chi connectivity index (χ2v) is 20.8. The zero-order valence-corrected chi connectivity index (χ0v) is 34.4. The summed E-state index contributed by atoms with van der Waals surface area (Å²) in [6, 6.07) is 0. The summed E-state index contributed by atoms with van der Waals surface area (Å²) in [5.41, 5.74) is -0.847. The van der Waals surface area contributed by atoms with Crippen LogP contribution in [0.25, 0.3) is 0 Å². The van der Waals surface area contributed by atoms with Crippen LogP contribution in [0.3, 0.4) is 0 Å². The van der Waals surface area contributed by atoms with Crippen LogP contribution < -0.4 is 0 Å². The molecule has 2 saturated heterocycles. The standard InChI is InChI=1S/C42H68O15/c1-37(2)16-20-19-8-9-23-39(4)12-11-24(40(5,18-44)22(39)10-13-42(23,7)41(19,6)15-14-38(20,3)33(51)32(37)50)55-36-31(28(48)27(47)30(56-36)34(52)53)57-35-29(49)26(46)25(45)21(17-43)54-35/h8,20-33,35-36,43-51H,9-18H2,1-7H3,(H,52,53)/t20-,21+,22+,23+,24-,25-,26-,27-,28-,29+,30-,31+,32-,33+,35-,36+,38+,39-,40+,41+,42+/m0/s1. The quantitative estimate of drug-likeness (QED) is 0.126. The minimum absolute atomic E-state index is 0.0518. The first-order valence-electron chi connectivity index (χ1n) is 21.0. The summed E-state index contributed by atoms with van der Waals surface area (Å²) < 4.78 is 23.8. The van der Waals surface area contributed by atoms with Crippen molar-refractivity contribution in [2.24, 2.45) is 50.2 Å². The number of ether oxygens (including phenoxy) is 4. The van der Waals surface area contributed by atoms with Gasteiger partial charge in [-0.05, 0) is 90.8 Å². The Hall–Kier alpha value is -1.31. The number of carbonyl (C=O) groups is 1. The van der Waals surface area contributed by atoms with E-state index in [1.807, 2.05) is 6.92 Å². The fraction of sp³-hybridized carbons (Fsp3) is 0.929. The van der Waals surface area contributed by atoms with E-state index in [-0.39, 0.29) is 40.6 Å².